The molecule has 21 heavy (non-hydrogen) atoms. The van der Waals surface area contributed by atoms with Crippen LogP contribution in [0.3, 0.4) is 0 Å². The Kier molecular flexibility index (Phi) is 4.07. The van der Waals surface area contributed by atoms with Gasteiger partial charge in [0, 0.05) is 13.0 Å². The van der Waals surface area contributed by atoms with Gasteiger partial charge in [0.2, 0.25) is 0 Å². The summed E-state index contributed by atoms with van der Waals surface area (Å²) in [6, 6.07) is 2.22. The van der Waals surface area contributed by atoms with Crippen LogP contribution in [-0.2, 0) is 0 Å². The van der Waals surface area contributed by atoms with E-state index in [2.05, 4.69) is 9.97 Å². The monoisotopic (exact) mass is 323 g/mol. The molecule has 0 bridgehead atoms. The van der Waals surface area contributed by atoms with Crippen molar-refractivity contribution in [3.05, 3.63) is 39.3 Å². The number of hydrogen-bond donors (Lipinski definition) is 0. The van der Waals surface area contributed by atoms with Gasteiger partial charge in [0.15, 0.2) is 0 Å². The van der Waals surface area contributed by atoms with Crippen LogP contribution in [0.25, 0.3) is 0 Å². The zero-order valence-corrected chi connectivity index (χ0v) is 13.0. The third kappa shape index (κ3) is 3.33. The zero-order chi connectivity index (χ0) is 14.8. The van der Waals surface area contributed by atoms with E-state index in [0.29, 0.717) is 24.1 Å². The highest BCUT2D eigenvalue weighted by molar-refractivity contribution is 7.12. The van der Waals surface area contributed by atoms with Crippen molar-refractivity contribution < 1.29 is 9.53 Å². The number of rotatable bonds is 3. The first-order chi connectivity index (χ1) is 10.1. The van der Waals surface area contributed by atoms with Gasteiger partial charge in [-0.15, -0.1) is 11.3 Å². The van der Waals surface area contributed by atoms with Gasteiger partial charge in [-0.1, -0.05) is 11.6 Å². The Labute approximate surface area is 131 Å². The summed E-state index contributed by atoms with van der Waals surface area (Å²) >= 11 is 7.21. The largest absolute Gasteiger partial charge is 0.458 e. The molecule has 1 fully saturated rings. The summed E-state index contributed by atoms with van der Waals surface area (Å²) in [6.45, 7) is 3.23. The van der Waals surface area contributed by atoms with Crippen LogP contribution in [0.2, 0.25) is 5.02 Å². The molecule has 1 aliphatic rings. The van der Waals surface area contributed by atoms with Crippen LogP contribution in [0.5, 0.6) is 6.01 Å². The van der Waals surface area contributed by atoms with Crippen LogP contribution < -0.4 is 4.74 Å². The van der Waals surface area contributed by atoms with E-state index in [9.17, 15) is 4.79 Å². The lowest BCUT2D eigenvalue weighted by atomic mass is 10.3. The van der Waals surface area contributed by atoms with Gasteiger partial charge < -0.3 is 9.64 Å². The lowest BCUT2D eigenvalue weighted by molar-refractivity contribution is 0.0774. The van der Waals surface area contributed by atoms with Gasteiger partial charge in [0.1, 0.15) is 6.10 Å². The predicted molar refractivity (Wildman–Crippen MR) is 81.0 cm³/mol. The van der Waals surface area contributed by atoms with Crippen molar-refractivity contribution in [1.29, 1.82) is 0 Å². The Balaban J connectivity index is 1.60. The van der Waals surface area contributed by atoms with Gasteiger partial charge in [-0.3, -0.25) is 4.79 Å². The van der Waals surface area contributed by atoms with Crippen molar-refractivity contribution in [3.63, 3.8) is 0 Å². The summed E-state index contributed by atoms with van der Waals surface area (Å²) in [5.41, 5.74) is 1.12. The normalized spacial score (nSPS) is 18.0. The number of carbonyl (C=O) groups excluding carboxylic acids is 1. The number of hydrogen-bond acceptors (Lipinski definition) is 5. The van der Waals surface area contributed by atoms with E-state index in [0.717, 1.165) is 16.9 Å². The van der Waals surface area contributed by atoms with Crippen molar-refractivity contribution >= 4 is 28.8 Å². The predicted octanol–water partition coefficient (Wildman–Crippen LogP) is 2.79. The van der Waals surface area contributed by atoms with E-state index in [1.54, 1.807) is 0 Å². The second kappa shape index (κ2) is 5.99. The topological polar surface area (TPSA) is 55.3 Å². The third-order valence-electron chi connectivity index (χ3n) is 3.24. The highest BCUT2D eigenvalue weighted by atomic mass is 35.5. The molecule has 110 valence electrons. The molecule has 2 aromatic heterocycles. The number of aromatic nitrogens is 2. The molecule has 0 aromatic carbocycles. The van der Waals surface area contributed by atoms with E-state index < -0.39 is 0 Å². The van der Waals surface area contributed by atoms with E-state index >= 15 is 0 Å². The van der Waals surface area contributed by atoms with Gasteiger partial charge >= 0.3 is 6.01 Å². The zero-order valence-electron chi connectivity index (χ0n) is 11.5. The Morgan fingerprint density at radius 3 is 2.90 bits per heavy atom. The second-order valence-corrected chi connectivity index (χ2v) is 6.30. The average Bonchev–Trinajstić information content (AvgIpc) is 3.10. The maximum absolute atomic E-state index is 12.3. The molecule has 1 unspecified atom stereocenters. The minimum Gasteiger partial charge on any atom is -0.458 e. The summed E-state index contributed by atoms with van der Waals surface area (Å²) in [5, 5.41) is 2.46. The van der Waals surface area contributed by atoms with Crippen molar-refractivity contribution in [3.8, 4) is 6.01 Å². The molecule has 1 atom stereocenters. The molecule has 3 rings (SSSR count). The fraction of sp³-hybridized carbons (Fsp3) is 0.357. The average molecular weight is 324 g/mol. The van der Waals surface area contributed by atoms with Gasteiger partial charge in [0.05, 0.1) is 28.8 Å². The summed E-state index contributed by atoms with van der Waals surface area (Å²) in [5.74, 6) is 0.0659. The minimum absolute atomic E-state index is 0.0659. The SMILES string of the molecule is Cc1csc(C(=O)N2CCC(Oc3ncc(Cl)cn3)C2)c1. The van der Waals surface area contributed by atoms with Crippen LogP contribution in [0, 0.1) is 6.92 Å². The number of carbonyl (C=O) groups is 1. The number of nitrogens with zero attached hydrogens (tertiary/aromatic N) is 3. The highest BCUT2D eigenvalue weighted by Crippen LogP contribution is 2.21. The van der Waals surface area contributed by atoms with Crippen molar-refractivity contribution in [2.45, 2.75) is 19.4 Å². The van der Waals surface area contributed by atoms with Crippen LogP contribution in [0.1, 0.15) is 21.7 Å². The molecule has 3 heterocycles. The first-order valence-electron chi connectivity index (χ1n) is 6.60. The van der Waals surface area contributed by atoms with Crippen LogP contribution in [0.4, 0.5) is 0 Å². The number of halogens is 1. The van der Waals surface area contributed by atoms with Gasteiger partial charge in [-0.05, 0) is 23.9 Å². The maximum Gasteiger partial charge on any atom is 0.316 e. The Morgan fingerprint density at radius 2 is 2.24 bits per heavy atom. The standard InChI is InChI=1S/C14H14ClN3O2S/c1-9-4-12(21-8-9)13(19)18-3-2-11(7-18)20-14-16-5-10(15)6-17-14/h4-6,8,11H,2-3,7H2,1H3. The number of likely N-dealkylation sites (tertiary alicyclic amines) is 1. The minimum atomic E-state index is -0.0730. The first kappa shape index (κ1) is 14.3. The summed E-state index contributed by atoms with van der Waals surface area (Å²) in [4.78, 5) is 22.9. The van der Waals surface area contributed by atoms with E-state index in [4.69, 9.17) is 16.3 Å². The molecule has 0 spiro atoms. The molecular weight excluding hydrogens is 310 g/mol. The second-order valence-electron chi connectivity index (χ2n) is 4.95. The number of ether oxygens (including phenoxy) is 1. The van der Waals surface area contributed by atoms with Gasteiger partial charge in [-0.25, -0.2) is 9.97 Å². The molecular formula is C14H14ClN3O2S. The Bertz CT molecular complexity index is 644. The van der Waals surface area contributed by atoms with Crippen LogP contribution in [0.15, 0.2) is 23.8 Å². The van der Waals surface area contributed by atoms with E-state index in [1.807, 2.05) is 23.3 Å². The van der Waals surface area contributed by atoms with Crippen LogP contribution in [-0.4, -0.2) is 40.0 Å². The summed E-state index contributed by atoms with van der Waals surface area (Å²) in [7, 11) is 0. The Hall–Kier alpha value is -1.66. The first-order valence-corrected chi connectivity index (χ1v) is 7.86. The molecule has 0 N–H and O–H groups in total. The molecule has 5 nitrogen and oxygen atoms in total. The molecule has 0 radical (unpaired) electrons. The highest BCUT2D eigenvalue weighted by Gasteiger charge is 2.29. The van der Waals surface area contributed by atoms with Crippen molar-refractivity contribution in [2.75, 3.05) is 13.1 Å². The summed E-state index contributed by atoms with van der Waals surface area (Å²) < 4.78 is 5.68. The van der Waals surface area contributed by atoms with E-state index in [1.165, 1.54) is 23.7 Å². The maximum atomic E-state index is 12.3. The number of thiophene rings is 1. The molecule has 0 saturated carbocycles. The fourth-order valence-electron chi connectivity index (χ4n) is 2.22. The smallest absolute Gasteiger partial charge is 0.316 e. The molecule has 7 heteroatoms. The van der Waals surface area contributed by atoms with Gasteiger partial charge in [0.25, 0.3) is 5.91 Å². The lowest BCUT2D eigenvalue weighted by Gasteiger charge is -2.15. The van der Waals surface area contributed by atoms with Gasteiger partial charge in [-0.2, -0.15) is 0 Å². The fourth-order valence-corrected chi connectivity index (χ4v) is 3.18. The lowest BCUT2D eigenvalue weighted by Crippen LogP contribution is -2.30. The Morgan fingerprint density at radius 1 is 1.48 bits per heavy atom. The number of amides is 1. The van der Waals surface area contributed by atoms with Crippen molar-refractivity contribution in [1.82, 2.24) is 14.9 Å². The molecule has 2 aromatic rings. The third-order valence-corrected chi connectivity index (χ3v) is 4.47. The van der Waals surface area contributed by atoms with Crippen molar-refractivity contribution in [2.24, 2.45) is 0 Å². The molecule has 0 aliphatic carbocycles. The molecule has 1 amide bonds. The molecule has 1 saturated heterocycles. The van der Waals surface area contributed by atoms with E-state index in [-0.39, 0.29) is 12.0 Å². The summed E-state index contributed by atoms with van der Waals surface area (Å²) in [6.07, 6.45) is 3.70. The molecule has 1 aliphatic heterocycles. The number of aryl methyl sites for hydroxylation is 1. The quantitative estimate of drug-likeness (QED) is 0.871. The van der Waals surface area contributed by atoms with Crippen LogP contribution >= 0.6 is 22.9 Å².